The van der Waals surface area contributed by atoms with E-state index >= 15 is 0 Å². The summed E-state index contributed by atoms with van der Waals surface area (Å²) in [5.41, 5.74) is 2.21. The van der Waals surface area contributed by atoms with Gasteiger partial charge in [-0.2, -0.15) is 0 Å². The predicted molar refractivity (Wildman–Crippen MR) is 82.9 cm³/mol. The van der Waals surface area contributed by atoms with Crippen molar-refractivity contribution in [2.45, 2.75) is 71.6 Å². The molecule has 0 aromatic heterocycles. The maximum atomic E-state index is 12.0. The van der Waals surface area contributed by atoms with Gasteiger partial charge in [0.1, 0.15) is 0 Å². The van der Waals surface area contributed by atoms with Gasteiger partial charge < -0.3 is 0 Å². The minimum atomic E-state index is 0.298. The summed E-state index contributed by atoms with van der Waals surface area (Å²) in [4.78, 5) is 12.0. The normalized spacial score (nSPS) is 12.4. The molecule has 0 radical (unpaired) electrons. The van der Waals surface area contributed by atoms with Crippen molar-refractivity contribution in [2.24, 2.45) is 0 Å². The highest BCUT2D eigenvalue weighted by Gasteiger charge is 2.07. The molecule has 1 atom stereocenters. The van der Waals surface area contributed by atoms with Crippen LogP contribution in [0.1, 0.15) is 87.6 Å². The monoisotopic (exact) mass is 260 g/mol. The first kappa shape index (κ1) is 15.9. The maximum Gasteiger partial charge on any atom is 0.162 e. The number of benzene rings is 1. The second-order valence-electron chi connectivity index (χ2n) is 5.52. The second-order valence-corrected chi connectivity index (χ2v) is 5.52. The third-order valence-electron chi connectivity index (χ3n) is 3.92. The van der Waals surface area contributed by atoms with E-state index in [1.54, 1.807) is 0 Å². The van der Waals surface area contributed by atoms with Gasteiger partial charge in [-0.3, -0.25) is 4.79 Å². The van der Waals surface area contributed by atoms with E-state index in [2.05, 4.69) is 32.9 Å². The lowest BCUT2D eigenvalue weighted by molar-refractivity contribution is 0.0979. The Hall–Kier alpha value is -1.11. The molecule has 1 rings (SSSR count). The Morgan fingerprint density at radius 2 is 1.63 bits per heavy atom. The van der Waals surface area contributed by atoms with Gasteiger partial charge in [0.05, 0.1) is 0 Å². The van der Waals surface area contributed by atoms with E-state index in [4.69, 9.17) is 0 Å². The predicted octanol–water partition coefficient (Wildman–Crippen LogP) is 5.74. The molecule has 0 spiro atoms. The first-order valence-corrected chi connectivity index (χ1v) is 7.82. The molecule has 0 heterocycles. The van der Waals surface area contributed by atoms with Gasteiger partial charge in [-0.25, -0.2) is 0 Å². The van der Waals surface area contributed by atoms with Crippen LogP contribution in [0.25, 0.3) is 0 Å². The zero-order chi connectivity index (χ0) is 14.1. The minimum absolute atomic E-state index is 0.298. The molecule has 1 unspecified atom stereocenters. The van der Waals surface area contributed by atoms with Crippen LogP contribution in [-0.4, -0.2) is 5.78 Å². The van der Waals surface area contributed by atoms with Gasteiger partial charge >= 0.3 is 0 Å². The number of rotatable bonds is 9. The van der Waals surface area contributed by atoms with Crippen LogP contribution in [0.3, 0.4) is 0 Å². The molecule has 0 aliphatic rings. The van der Waals surface area contributed by atoms with Gasteiger partial charge in [0.25, 0.3) is 0 Å². The number of carbonyl (C=O) groups excluding carboxylic acids is 1. The van der Waals surface area contributed by atoms with Gasteiger partial charge in [-0.05, 0) is 24.3 Å². The Bertz CT molecular complexity index is 364. The Morgan fingerprint density at radius 1 is 1.00 bits per heavy atom. The van der Waals surface area contributed by atoms with E-state index in [0.717, 1.165) is 18.4 Å². The summed E-state index contributed by atoms with van der Waals surface area (Å²) in [5.74, 6) is 0.880. The van der Waals surface area contributed by atoms with Crippen LogP contribution in [0.5, 0.6) is 0 Å². The van der Waals surface area contributed by atoms with Gasteiger partial charge in [-0.15, -0.1) is 0 Å². The zero-order valence-electron chi connectivity index (χ0n) is 12.7. The summed E-state index contributed by atoms with van der Waals surface area (Å²) >= 11 is 0. The van der Waals surface area contributed by atoms with Gasteiger partial charge in [0.15, 0.2) is 5.78 Å². The van der Waals surface area contributed by atoms with Gasteiger partial charge in [0.2, 0.25) is 0 Å². The molecule has 1 aromatic rings. The molecule has 0 saturated heterocycles. The molecule has 1 aromatic carbocycles. The summed E-state index contributed by atoms with van der Waals surface area (Å²) in [5, 5.41) is 0. The summed E-state index contributed by atoms with van der Waals surface area (Å²) in [7, 11) is 0. The lowest BCUT2D eigenvalue weighted by Gasteiger charge is -2.09. The van der Waals surface area contributed by atoms with E-state index in [1.807, 2.05) is 12.1 Å². The van der Waals surface area contributed by atoms with Crippen molar-refractivity contribution in [1.29, 1.82) is 0 Å². The Kier molecular flexibility index (Phi) is 7.47. The molecule has 0 N–H and O–H groups in total. The lowest BCUT2D eigenvalue weighted by Crippen LogP contribution is -2.00. The van der Waals surface area contributed by atoms with Crippen molar-refractivity contribution in [3.05, 3.63) is 35.4 Å². The van der Waals surface area contributed by atoms with Crippen LogP contribution in [0, 0.1) is 0 Å². The van der Waals surface area contributed by atoms with Crippen LogP contribution in [0.4, 0.5) is 0 Å². The number of hydrogen-bond acceptors (Lipinski definition) is 1. The SMILES string of the molecule is CCCCCCCC(=O)c1ccc(C(C)CC)cc1. The molecule has 1 nitrogen and oxygen atoms in total. The van der Waals surface area contributed by atoms with E-state index in [9.17, 15) is 4.79 Å². The highest BCUT2D eigenvalue weighted by Crippen LogP contribution is 2.19. The summed E-state index contributed by atoms with van der Waals surface area (Å²) < 4.78 is 0. The van der Waals surface area contributed by atoms with Crippen LogP contribution >= 0.6 is 0 Å². The van der Waals surface area contributed by atoms with Crippen LogP contribution in [0.2, 0.25) is 0 Å². The average molecular weight is 260 g/mol. The molecule has 0 fully saturated rings. The maximum absolute atomic E-state index is 12.0. The number of carbonyl (C=O) groups is 1. The zero-order valence-corrected chi connectivity index (χ0v) is 12.7. The number of ketones is 1. The molecule has 0 bridgehead atoms. The van der Waals surface area contributed by atoms with Crippen LogP contribution in [-0.2, 0) is 0 Å². The standard InChI is InChI=1S/C18H28O/c1-4-6-7-8-9-10-18(19)17-13-11-16(12-14-17)15(3)5-2/h11-15H,4-10H2,1-3H3. The second kappa shape index (κ2) is 8.90. The number of Topliss-reactive ketones (excluding diaryl/α,β-unsaturated/α-hetero) is 1. The van der Waals surface area contributed by atoms with Gasteiger partial charge in [0, 0.05) is 12.0 Å². The first-order valence-electron chi connectivity index (χ1n) is 7.82. The molecule has 1 heteroatoms. The summed E-state index contributed by atoms with van der Waals surface area (Å²) in [6.07, 6.45) is 7.87. The Morgan fingerprint density at radius 3 is 2.21 bits per heavy atom. The third kappa shape index (κ3) is 5.59. The van der Waals surface area contributed by atoms with Crippen molar-refractivity contribution in [3.8, 4) is 0 Å². The highest BCUT2D eigenvalue weighted by atomic mass is 16.1. The molecule has 0 aliphatic heterocycles. The topological polar surface area (TPSA) is 17.1 Å². The largest absolute Gasteiger partial charge is 0.294 e. The van der Waals surface area contributed by atoms with E-state index < -0.39 is 0 Å². The first-order chi connectivity index (χ1) is 9.19. The van der Waals surface area contributed by atoms with E-state index in [0.29, 0.717) is 18.1 Å². The molecular weight excluding hydrogens is 232 g/mol. The van der Waals surface area contributed by atoms with Crippen molar-refractivity contribution >= 4 is 5.78 Å². The quantitative estimate of drug-likeness (QED) is 0.408. The summed E-state index contributed by atoms with van der Waals surface area (Å²) in [6, 6.07) is 8.21. The average Bonchev–Trinajstić information content (AvgIpc) is 2.46. The fourth-order valence-electron chi connectivity index (χ4n) is 2.27. The molecule has 19 heavy (non-hydrogen) atoms. The lowest BCUT2D eigenvalue weighted by atomic mass is 9.96. The number of unbranched alkanes of at least 4 members (excludes halogenated alkanes) is 4. The fraction of sp³-hybridized carbons (Fsp3) is 0.611. The smallest absolute Gasteiger partial charge is 0.162 e. The van der Waals surface area contributed by atoms with Crippen molar-refractivity contribution < 1.29 is 4.79 Å². The van der Waals surface area contributed by atoms with E-state index in [-0.39, 0.29) is 0 Å². The molecule has 106 valence electrons. The molecular formula is C18H28O. The minimum Gasteiger partial charge on any atom is -0.294 e. The fourth-order valence-corrected chi connectivity index (χ4v) is 2.27. The molecule has 0 amide bonds. The molecule has 0 aliphatic carbocycles. The van der Waals surface area contributed by atoms with Crippen molar-refractivity contribution in [2.75, 3.05) is 0 Å². The number of hydrogen-bond donors (Lipinski definition) is 0. The van der Waals surface area contributed by atoms with Crippen LogP contribution < -0.4 is 0 Å². The van der Waals surface area contributed by atoms with Crippen molar-refractivity contribution in [3.63, 3.8) is 0 Å². The summed E-state index contributed by atoms with van der Waals surface area (Å²) in [6.45, 7) is 6.63. The third-order valence-corrected chi connectivity index (χ3v) is 3.92. The van der Waals surface area contributed by atoms with Crippen molar-refractivity contribution in [1.82, 2.24) is 0 Å². The van der Waals surface area contributed by atoms with Gasteiger partial charge in [-0.1, -0.05) is 70.7 Å². The van der Waals surface area contributed by atoms with Crippen LogP contribution in [0.15, 0.2) is 24.3 Å². The molecule has 0 saturated carbocycles. The Labute approximate surface area is 118 Å². The highest BCUT2D eigenvalue weighted by molar-refractivity contribution is 5.96. The van der Waals surface area contributed by atoms with E-state index in [1.165, 1.54) is 31.2 Å². The Balaban J connectivity index is 2.40.